The Morgan fingerprint density at radius 3 is 3.18 bits per heavy atom. The third kappa shape index (κ3) is 1.94. The molecule has 0 aromatic carbocycles. The molecule has 0 aliphatic heterocycles. The largest absolute Gasteiger partial charge is 0.347 e. The van der Waals surface area contributed by atoms with E-state index >= 15 is 0 Å². The summed E-state index contributed by atoms with van der Waals surface area (Å²) in [4.78, 5) is 10.1. The molecule has 0 atom stereocenters. The second-order valence-corrected chi connectivity index (χ2v) is 2.22. The van der Waals surface area contributed by atoms with Crippen LogP contribution in [0.3, 0.4) is 0 Å². The van der Waals surface area contributed by atoms with Crippen molar-refractivity contribution in [1.29, 1.82) is 5.26 Å². The van der Waals surface area contributed by atoms with Crippen LogP contribution in [0.5, 0.6) is 0 Å². The molecule has 56 valence electrons. The Hall–Kier alpha value is -1.56. The summed E-state index contributed by atoms with van der Waals surface area (Å²) < 4.78 is 1.75. The molecule has 1 aromatic rings. The van der Waals surface area contributed by atoms with Gasteiger partial charge in [0.2, 0.25) is 0 Å². The van der Waals surface area contributed by atoms with Crippen molar-refractivity contribution < 1.29 is 4.79 Å². The number of hydrogen-bond donors (Lipinski definition) is 0. The first kappa shape index (κ1) is 7.55. The molecule has 0 radical (unpaired) electrons. The zero-order chi connectivity index (χ0) is 8.10. The van der Waals surface area contributed by atoms with E-state index in [-0.39, 0.29) is 0 Å². The van der Waals surface area contributed by atoms with Crippen LogP contribution in [0, 0.1) is 11.3 Å². The van der Waals surface area contributed by atoms with E-state index in [1.807, 2.05) is 12.1 Å². The summed E-state index contributed by atoms with van der Waals surface area (Å²) in [5, 5.41) is 8.33. The molecule has 1 heterocycles. The Morgan fingerprint density at radius 1 is 1.73 bits per heavy atom. The number of aldehydes is 1. The lowest BCUT2D eigenvalue weighted by molar-refractivity contribution is -0.108. The maximum absolute atomic E-state index is 10.1. The van der Waals surface area contributed by atoms with E-state index in [0.29, 0.717) is 13.0 Å². The number of carbonyl (C=O) groups is 1. The minimum absolute atomic E-state index is 0.366. The van der Waals surface area contributed by atoms with Crippen LogP contribution in [-0.4, -0.2) is 10.9 Å². The van der Waals surface area contributed by atoms with Crippen molar-refractivity contribution in [2.75, 3.05) is 0 Å². The summed E-state index contributed by atoms with van der Waals surface area (Å²) in [6.07, 6.45) is 4.83. The zero-order valence-electron chi connectivity index (χ0n) is 6.03. The highest BCUT2D eigenvalue weighted by molar-refractivity contribution is 5.49. The van der Waals surface area contributed by atoms with Gasteiger partial charge < -0.3 is 9.36 Å². The molecule has 3 heteroatoms. The monoisotopic (exact) mass is 148 g/mol. The average molecular weight is 148 g/mol. The van der Waals surface area contributed by atoms with Crippen LogP contribution in [0.1, 0.15) is 5.56 Å². The quantitative estimate of drug-likeness (QED) is 0.594. The van der Waals surface area contributed by atoms with Gasteiger partial charge in [0.1, 0.15) is 6.29 Å². The standard InChI is InChI=1S/C8H8N2O/c9-3-1-8-2-4-10(7-8)5-6-11/h2,4,6-7H,1,5H2. The van der Waals surface area contributed by atoms with Gasteiger partial charge >= 0.3 is 0 Å². The van der Waals surface area contributed by atoms with Crippen molar-refractivity contribution >= 4 is 6.29 Å². The van der Waals surface area contributed by atoms with Crippen LogP contribution >= 0.6 is 0 Å². The molecule has 11 heavy (non-hydrogen) atoms. The first-order chi connectivity index (χ1) is 5.36. The van der Waals surface area contributed by atoms with E-state index in [1.165, 1.54) is 0 Å². The second-order valence-electron chi connectivity index (χ2n) is 2.22. The summed E-state index contributed by atoms with van der Waals surface area (Å²) in [5.41, 5.74) is 0.953. The van der Waals surface area contributed by atoms with Crippen LogP contribution in [0.15, 0.2) is 18.5 Å². The molecule has 0 bridgehead atoms. The summed E-state index contributed by atoms with van der Waals surface area (Å²) in [7, 11) is 0. The van der Waals surface area contributed by atoms with E-state index in [2.05, 4.69) is 0 Å². The van der Waals surface area contributed by atoms with E-state index < -0.39 is 0 Å². The highest BCUT2D eigenvalue weighted by atomic mass is 16.1. The molecular weight excluding hydrogens is 140 g/mol. The van der Waals surface area contributed by atoms with Crippen LogP contribution in [0.25, 0.3) is 0 Å². The summed E-state index contributed by atoms with van der Waals surface area (Å²) in [6.45, 7) is 0.366. The van der Waals surface area contributed by atoms with Crippen LogP contribution < -0.4 is 0 Å². The van der Waals surface area contributed by atoms with Gasteiger partial charge in [-0.1, -0.05) is 0 Å². The fraction of sp³-hybridized carbons (Fsp3) is 0.250. The summed E-state index contributed by atoms with van der Waals surface area (Å²) in [5.74, 6) is 0. The van der Waals surface area contributed by atoms with Gasteiger partial charge in [0.15, 0.2) is 0 Å². The molecule has 0 aliphatic rings. The number of aromatic nitrogens is 1. The van der Waals surface area contributed by atoms with Crippen LogP contribution in [-0.2, 0) is 17.8 Å². The van der Waals surface area contributed by atoms with Gasteiger partial charge in [0.25, 0.3) is 0 Å². The topological polar surface area (TPSA) is 45.8 Å². The lowest BCUT2D eigenvalue weighted by atomic mass is 10.3. The maximum Gasteiger partial charge on any atom is 0.139 e. The van der Waals surface area contributed by atoms with Gasteiger partial charge in [-0.2, -0.15) is 5.26 Å². The third-order valence-electron chi connectivity index (χ3n) is 1.38. The van der Waals surface area contributed by atoms with E-state index in [1.54, 1.807) is 17.0 Å². The lowest BCUT2D eigenvalue weighted by Crippen LogP contribution is -1.93. The van der Waals surface area contributed by atoms with Crippen molar-refractivity contribution in [1.82, 2.24) is 4.57 Å². The zero-order valence-corrected chi connectivity index (χ0v) is 6.03. The molecule has 1 aromatic heterocycles. The first-order valence-electron chi connectivity index (χ1n) is 3.32. The molecular formula is C8H8N2O. The first-order valence-corrected chi connectivity index (χ1v) is 3.32. The predicted molar refractivity (Wildman–Crippen MR) is 39.8 cm³/mol. The van der Waals surface area contributed by atoms with E-state index in [0.717, 1.165) is 11.8 Å². The number of carbonyl (C=O) groups excluding carboxylic acids is 1. The van der Waals surface area contributed by atoms with Gasteiger partial charge in [-0.15, -0.1) is 0 Å². The van der Waals surface area contributed by atoms with Crippen molar-refractivity contribution in [3.8, 4) is 6.07 Å². The fourth-order valence-corrected chi connectivity index (χ4v) is 0.886. The molecule has 1 rings (SSSR count). The number of hydrogen-bond acceptors (Lipinski definition) is 2. The molecule has 3 nitrogen and oxygen atoms in total. The predicted octanol–water partition coefficient (Wildman–Crippen LogP) is 0.753. The number of nitriles is 1. The normalized spacial score (nSPS) is 9.00. The fourth-order valence-electron chi connectivity index (χ4n) is 0.886. The third-order valence-corrected chi connectivity index (χ3v) is 1.38. The summed E-state index contributed by atoms with van der Waals surface area (Å²) in [6, 6.07) is 3.88. The molecule has 0 unspecified atom stereocenters. The Bertz CT molecular complexity index is 283. The smallest absolute Gasteiger partial charge is 0.139 e. The Morgan fingerprint density at radius 2 is 2.55 bits per heavy atom. The Labute approximate surface area is 64.9 Å². The van der Waals surface area contributed by atoms with E-state index in [9.17, 15) is 4.79 Å². The molecule has 0 fully saturated rings. The molecule has 0 amide bonds. The second kappa shape index (κ2) is 3.57. The lowest BCUT2D eigenvalue weighted by Gasteiger charge is -1.90. The number of rotatable bonds is 3. The van der Waals surface area contributed by atoms with Gasteiger partial charge in [-0.25, -0.2) is 0 Å². The van der Waals surface area contributed by atoms with Crippen LogP contribution in [0.2, 0.25) is 0 Å². The highest BCUT2D eigenvalue weighted by Gasteiger charge is 1.93. The van der Waals surface area contributed by atoms with Gasteiger partial charge in [0.05, 0.1) is 19.0 Å². The van der Waals surface area contributed by atoms with Crippen molar-refractivity contribution in [2.45, 2.75) is 13.0 Å². The van der Waals surface area contributed by atoms with E-state index in [4.69, 9.17) is 5.26 Å². The molecule has 0 saturated carbocycles. The summed E-state index contributed by atoms with van der Waals surface area (Å²) >= 11 is 0. The van der Waals surface area contributed by atoms with Gasteiger partial charge in [0, 0.05) is 12.4 Å². The molecule has 0 saturated heterocycles. The molecule has 0 aliphatic carbocycles. The van der Waals surface area contributed by atoms with Crippen LogP contribution in [0.4, 0.5) is 0 Å². The molecule has 0 N–H and O–H groups in total. The van der Waals surface area contributed by atoms with Gasteiger partial charge in [-0.3, -0.25) is 0 Å². The Kier molecular flexibility index (Phi) is 2.45. The SMILES string of the molecule is N#CCc1ccn(CC=O)c1. The minimum Gasteiger partial charge on any atom is -0.347 e. The van der Waals surface area contributed by atoms with Crippen molar-refractivity contribution in [3.05, 3.63) is 24.0 Å². The number of nitrogens with zero attached hydrogens (tertiary/aromatic N) is 2. The maximum atomic E-state index is 10.1. The molecule has 0 spiro atoms. The average Bonchev–Trinajstić information content (AvgIpc) is 2.38. The highest BCUT2D eigenvalue weighted by Crippen LogP contribution is 2.00. The minimum atomic E-state index is 0.366. The Balaban J connectivity index is 2.67. The van der Waals surface area contributed by atoms with Gasteiger partial charge in [-0.05, 0) is 11.6 Å². The van der Waals surface area contributed by atoms with Crippen molar-refractivity contribution in [2.24, 2.45) is 0 Å². The van der Waals surface area contributed by atoms with Crippen molar-refractivity contribution in [3.63, 3.8) is 0 Å².